The number of halogens is 1. The number of hydrogen-bond acceptors (Lipinski definition) is 2. The molecule has 26 heavy (non-hydrogen) atoms. The molecule has 0 bridgehead atoms. The highest BCUT2D eigenvalue weighted by Gasteiger charge is 2.21. The van der Waals surface area contributed by atoms with Gasteiger partial charge < -0.3 is 5.32 Å². The Morgan fingerprint density at radius 2 is 1.58 bits per heavy atom. The number of para-hydroxylation sites is 1. The second-order valence-electron chi connectivity index (χ2n) is 5.97. The molecule has 1 heterocycles. The van der Waals surface area contributed by atoms with Crippen molar-refractivity contribution in [1.29, 1.82) is 0 Å². The summed E-state index contributed by atoms with van der Waals surface area (Å²) in [5.41, 5.74) is 4.95. The minimum absolute atomic E-state index is 0.574. The van der Waals surface area contributed by atoms with Crippen LogP contribution in [0.1, 0.15) is 16.7 Å². The van der Waals surface area contributed by atoms with Crippen molar-refractivity contribution in [3.8, 4) is 0 Å². The Labute approximate surface area is 162 Å². The lowest BCUT2D eigenvalue weighted by atomic mass is 10.0. The zero-order valence-electron chi connectivity index (χ0n) is 13.9. The van der Waals surface area contributed by atoms with Crippen LogP contribution in [0.3, 0.4) is 0 Å². The Balaban J connectivity index is 1.80. The van der Waals surface area contributed by atoms with E-state index >= 15 is 0 Å². The Bertz CT molecular complexity index is 968. The molecule has 1 aliphatic rings. The van der Waals surface area contributed by atoms with E-state index in [4.69, 9.17) is 28.9 Å². The molecule has 0 unspecified atom stereocenters. The molecule has 1 aliphatic heterocycles. The first-order valence-corrected chi connectivity index (χ1v) is 9.06. The molecule has 0 aliphatic carbocycles. The second kappa shape index (κ2) is 7.28. The van der Waals surface area contributed by atoms with Crippen LogP contribution in [0.15, 0.2) is 84.0 Å². The summed E-state index contributed by atoms with van der Waals surface area (Å²) < 4.78 is 0. The van der Waals surface area contributed by atoms with E-state index in [0.29, 0.717) is 16.7 Å². The maximum Gasteiger partial charge on any atom is 0.194 e. The Kier molecular flexibility index (Phi) is 4.69. The van der Waals surface area contributed by atoms with Crippen molar-refractivity contribution in [3.05, 3.63) is 101 Å². The van der Waals surface area contributed by atoms with Gasteiger partial charge in [0.25, 0.3) is 0 Å². The average molecular weight is 378 g/mol. The molecule has 0 radical (unpaired) electrons. The third-order valence-corrected chi connectivity index (χ3v) is 4.74. The molecule has 4 rings (SSSR count). The number of fused-ring (bicyclic) bond motifs is 1. The van der Waals surface area contributed by atoms with E-state index < -0.39 is 0 Å². The summed E-state index contributed by atoms with van der Waals surface area (Å²) in [6, 6.07) is 25.9. The van der Waals surface area contributed by atoms with Crippen LogP contribution >= 0.6 is 23.8 Å². The summed E-state index contributed by atoms with van der Waals surface area (Å²) in [4.78, 5) is 0. The third-order valence-electron chi connectivity index (χ3n) is 4.17. The van der Waals surface area contributed by atoms with Gasteiger partial charge in [-0.2, -0.15) is 5.10 Å². The molecule has 3 aromatic rings. The van der Waals surface area contributed by atoms with Crippen molar-refractivity contribution in [2.24, 2.45) is 5.10 Å². The van der Waals surface area contributed by atoms with Crippen LogP contribution in [0.25, 0.3) is 0 Å². The van der Waals surface area contributed by atoms with Crippen LogP contribution in [0.5, 0.6) is 0 Å². The van der Waals surface area contributed by atoms with Gasteiger partial charge in [0.15, 0.2) is 5.11 Å². The fourth-order valence-electron chi connectivity index (χ4n) is 2.88. The van der Waals surface area contributed by atoms with E-state index in [1.165, 1.54) is 0 Å². The topological polar surface area (TPSA) is 27.6 Å². The maximum atomic E-state index is 6.06. The Hall–Kier alpha value is -2.69. The average Bonchev–Trinajstić information content (AvgIpc) is 2.80. The van der Waals surface area contributed by atoms with E-state index in [9.17, 15) is 0 Å². The van der Waals surface area contributed by atoms with Crippen molar-refractivity contribution < 1.29 is 0 Å². The molecule has 3 nitrogen and oxygen atoms in total. The first kappa shape index (κ1) is 16.8. The Morgan fingerprint density at radius 1 is 0.885 bits per heavy atom. The second-order valence-corrected chi connectivity index (χ2v) is 6.80. The predicted octanol–water partition coefficient (Wildman–Crippen LogP) is 5.31. The smallest absolute Gasteiger partial charge is 0.194 e. The number of benzene rings is 3. The number of nitrogens with zero attached hydrogens (tertiary/aromatic N) is 2. The van der Waals surface area contributed by atoms with E-state index in [1.807, 2.05) is 71.7 Å². The number of nitrogens with one attached hydrogen (secondary N) is 1. The third kappa shape index (κ3) is 3.47. The first-order chi connectivity index (χ1) is 12.7. The normalized spacial score (nSPS) is 13.5. The monoisotopic (exact) mass is 377 g/mol. The summed E-state index contributed by atoms with van der Waals surface area (Å²) >= 11 is 11.7. The zero-order chi connectivity index (χ0) is 17.9. The minimum atomic E-state index is 0.574. The van der Waals surface area contributed by atoms with Crippen LogP contribution in [0.4, 0.5) is 5.69 Å². The van der Waals surface area contributed by atoms with Gasteiger partial charge in [-0.05, 0) is 36.0 Å². The highest BCUT2D eigenvalue weighted by molar-refractivity contribution is 7.80. The van der Waals surface area contributed by atoms with Crippen molar-refractivity contribution >= 4 is 40.3 Å². The van der Waals surface area contributed by atoms with Gasteiger partial charge in [0.05, 0.1) is 6.54 Å². The molecule has 0 saturated carbocycles. The van der Waals surface area contributed by atoms with Crippen molar-refractivity contribution in [2.75, 3.05) is 5.32 Å². The van der Waals surface area contributed by atoms with E-state index in [1.54, 1.807) is 0 Å². The van der Waals surface area contributed by atoms with Gasteiger partial charge in [-0.3, -0.25) is 0 Å². The van der Waals surface area contributed by atoms with Crippen molar-refractivity contribution in [3.63, 3.8) is 0 Å². The molecular formula is C21H16ClN3S. The number of hydrazone groups is 1. The SMILES string of the molecule is S=C1Nc2ccccc2C(c2ccc(Cl)cc2)=NN1Cc1ccccc1. The van der Waals surface area contributed by atoms with Crippen LogP contribution in [-0.4, -0.2) is 15.8 Å². The maximum absolute atomic E-state index is 6.06. The molecule has 0 atom stereocenters. The van der Waals surface area contributed by atoms with Crippen LogP contribution in [0, 0.1) is 0 Å². The van der Waals surface area contributed by atoms with Gasteiger partial charge in [0.2, 0.25) is 0 Å². The standard InChI is InChI=1S/C21H16ClN3S/c22-17-12-10-16(11-13-17)20-18-8-4-5-9-19(18)23-21(26)25(24-20)14-15-6-2-1-3-7-15/h1-13H,14H2,(H,23,26). The molecule has 0 spiro atoms. The fraction of sp³-hybridized carbons (Fsp3) is 0.0476. The molecule has 0 saturated heterocycles. The highest BCUT2D eigenvalue weighted by atomic mass is 35.5. The number of anilines is 1. The van der Waals surface area contributed by atoms with E-state index in [2.05, 4.69) is 17.4 Å². The zero-order valence-corrected chi connectivity index (χ0v) is 15.5. The van der Waals surface area contributed by atoms with Gasteiger partial charge in [-0.15, -0.1) is 0 Å². The molecule has 3 aromatic carbocycles. The molecule has 5 heteroatoms. The van der Waals surface area contributed by atoms with Gasteiger partial charge in [-0.1, -0.05) is 72.3 Å². The quantitative estimate of drug-likeness (QED) is 0.627. The van der Waals surface area contributed by atoms with Crippen LogP contribution < -0.4 is 5.32 Å². The molecule has 0 aromatic heterocycles. The van der Waals surface area contributed by atoms with Gasteiger partial charge >= 0.3 is 0 Å². The van der Waals surface area contributed by atoms with Gasteiger partial charge in [0.1, 0.15) is 5.71 Å². The van der Waals surface area contributed by atoms with Gasteiger partial charge in [0, 0.05) is 21.8 Å². The highest BCUT2D eigenvalue weighted by Crippen LogP contribution is 2.25. The number of rotatable bonds is 3. The van der Waals surface area contributed by atoms with Crippen LogP contribution in [0.2, 0.25) is 5.02 Å². The van der Waals surface area contributed by atoms with E-state index in [0.717, 1.165) is 28.1 Å². The number of hydrogen-bond donors (Lipinski definition) is 1. The lowest BCUT2D eigenvalue weighted by molar-refractivity contribution is 0.448. The number of thiocarbonyl (C=S) groups is 1. The summed E-state index contributed by atoms with van der Waals surface area (Å²) in [6.07, 6.45) is 0. The molecule has 128 valence electrons. The fourth-order valence-corrected chi connectivity index (χ4v) is 3.22. The molecule has 0 amide bonds. The van der Waals surface area contributed by atoms with Crippen molar-refractivity contribution in [1.82, 2.24) is 5.01 Å². The van der Waals surface area contributed by atoms with Crippen molar-refractivity contribution in [2.45, 2.75) is 6.54 Å². The first-order valence-electron chi connectivity index (χ1n) is 8.27. The predicted molar refractivity (Wildman–Crippen MR) is 112 cm³/mol. The molecule has 0 fully saturated rings. The lowest BCUT2D eigenvalue weighted by Gasteiger charge is -2.19. The van der Waals surface area contributed by atoms with Crippen LogP contribution in [-0.2, 0) is 6.54 Å². The Morgan fingerprint density at radius 3 is 2.35 bits per heavy atom. The lowest BCUT2D eigenvalue weighted by Crippen LogP contribution is -2.29. The molecular weight excluding hydrogens is 362 g/mol. The minimum Gasteiger partial charge on any atom is -0.331 e. The summed E-state index contributed by atoms with van der Waals surface area (Å²) in [7, 11) is 0. The molecule has 1 N–H and O–H groups in total. The summed E-state index contributed by atoms with van der Waals surface area (Å²) in [5.74, 6) is 0. The van der Waals surface area contributed by atoms with Gasteiger partial charge in [-0.25, -0.2) is 5.01 Å². The van der Waals surface area contributed by atoms with E-state index in [-0.39, 0.29) is 0 Å². The largest absolute Gasteiger partial charge is 0.331 e. The summed E-state index contributed by atoms with van der Waals surface area (Å²) in [5, 5.41) is 11.3. The summed E-state index contributed by atoms with van der Waals surface area (Å²) in [6.45, 7) is 0.595.